The van der Waals surface area contributed by atoms with Crippen molar-refractivity contribution < 1.29 is 142 Å². The fourth-order valence-corrected chi connectivity index (χ4v) is 12.8. The van der Waals surface area contributed by atoms with Crippen LogP contribution >= 0.6 is 0 Å². The van der Waals surface area contributed by atoms with E-state index in [-0.39, 0.29) is 0 Å². The Morgan fingerprint density at radius 2 is 0.778 bits per heavy atom. The maximum atomic E-state index is 12.6. The van der Waals surface area contributed by atoms with Crippen LogP contribution in [0.2, 0.25) is 0 Å². The van der Waals surface area contributed by atoms with Gasteiger partial charge in [-0.15, -0.1) is 26.3 Å². The molecule has 0 radical (unpaired) electrons. The Balaban J connectivity index is 0.000000372. The number of rotatable bonds is 0. The lowest BCUT2D eigenvalue weighted by atomic mass is 11.0. The number of alkyl halides is 6. The third kappa shape index (κ3) is 19.7. The molecular weight excluding hydrogens is 959 g/mol. The molecule has 0 amide bonds. The van der Waals surface area contributed by atoms with Gasteiger partial charge in [-0.3, -0.25) is 18.4 Å². The number of sulfone groups is 1. The molecule has 0 aromatic heterocycles. The quantitative estimate of drug-likeness (QED) is 0.168. The van der Waals surface area contributed by atoms with Crippen LogP contribution in [0.25, 0.3) is 0 Å². The molecule has 4 rings (SSSR count). The van der Waals surface area contributed by atoms with Gasteiger partial charge in [0.1, 0.15) is 0 Å². The van der Waals surface area contributed by atoms with Crippen LogP contribution in [0.4, 0.5) is 26.3 Å². The Bertz CT molecular complexity index is 2110. The predicted octanol–water partition coefficient (Wildman–Crippen LogP) is -3.44. The van der Waals surface area contributed by atoms with E-state index in [1.54, 1.807) is 0 Å². The molecule has 0 unspecified atom stereocenters. The number of ether oxygens (including phenoxy) is 4. The molecule has 4 aliphatic rings. The molecule has 0 aliphatic carbocycles. The molecule has 4 heterocycles. The van der Waals surface area contributed by atoms with Gasteiger partial charge in [-0.2, -0.15) is 63.1 Å². The monoisotopic (exact) mass is 978 g/mol. The van der Waals surface area contributed by atoms with Gasteiger partial charge in [0.05, 0.1) is 0 Å². The first kappa shape index (κ1) is 50.8. The molecule has 0 N–H and O–H groups in total. The van der Waals surface area contributed by atoms with Crippen LogP contribution in [0, 0.1) is 0 Å². The van der Waals surface area contributed by atoms with Crippen molar-refractivity contribution in [2.45, 2.75) is 30.4 Å². The Morgan fingerprint density at radius 1 is 0.426 bits per heavy atom. The molecule has 0 atom stereocenters. The summed E-state index contributed by atoms with van der Waals surface area (Å²) in [6.07, 6.45) is -14.5. The van der Waals surface area contributed by atoms with Crippen molar-refractivity contribution in [3.8, 4) is 0 Å². The summed E-state index contributed by atoms with van der Waals surface area (Å²) in [4.78, 5) is 0. The Kier molecular flexibility index (Phi) is 16.6. The minimum Gasteiger partial charge on any atom is -0.267 e. The van der Waals surface area contributed by atoms with Crippen LogP contribution in [0.1, 0.15) is 6.92 Å². The highest BCUT2D eigenvalue weighted by molar-refractivity contribution is 8.08. The smallest absolute Gasteiger partial charge is 0.267 e. The maximum absolute atomic E-state index is 12.6. The van der Waals surface area contributed by atoms with Gasteiger partial charge in [0.25, 0.3) is 70.8 Å². The van der Waals surface area contributed by atoms with Crippen molar-refractivity contribution in [2.75, 3.05) is 48.4 Å². The van der Waals surface area contributed by atoms with Crippen molar-refractivity contribution in [1.82, 2.24) is 0 Å². The van der Waals surface area contributed by atoms with Crippen LogP contribution in [0.3, 0.4) is 0 Å². The highest BCUT2D eigenvalue weighted by Crippen LogP contribution is 2.31. The number of hydrogen-bond donors (Lipinski definition) is 0. The van der Waals surface area contributed by atoms with Crippen molar-refractivity contribution in [1.29, 1.82) is 0 Å². The third-order valence-electron chi connectivity index (χ3n) is 4.37. The maximum Gasteiger partial charge on any atom is 0.506 e. The van der Waals surface area contributed by atoms with Gasteiger partial charge in [0.2, 0.25) is 14.8 Å². The zero-order chi connectivity index (χ0) is 42.5. The zero-order valence-electron chi connectivity index (χ0n) is 25.3. The summed E-state index contributed by atoms with van der Waals surface area (Å²) in [7, 11) is -34.7. The molecule has 0 aromatic rings. The predicted molar refractivity (Wildman–Crippen MR) is 147 cm³/mol. The third-order valence-corrected chi connectivity index (χ3v) is 18.4. The Morgan fingerprint density at radius 3 is 1.09 bits per heavy atom. The van der Waals surface area contributed by atoms with E-state index in [0.717, 1.165) is 6.92 Å². The minimum atomic E-state index is -5.42. The highest BCUT2D eigenvalue weighted by atomic mass is 32.3. The van der Waals surface area contributed by atoms with Gasteiger partial charge in [-0.05, 0) is 6.92 Å². The number of halogens is 6. The van der Waals surface area contributed by atoms with E-state index >= 15 is 0 Å². The topological polar surface area (TPSA) is 375 Å². The molecular formula is C13H20F6O27S8. The molecule has 324 valence electrons. The largest absolute Gasteiger partial charge is 0.506 e. The van der Waals surface area contributed by atoms with Crippen molar-refractivity contribution in [3.63, 3.8) is 0 Å². The SMILES string of the molecule is CC1S(=O)(=O)OCOS1(=O)=O.O=S1(=O)COS(=O)(=O)C1.O=S1(=O)CS(=O)(=O)OC(F)(F)OC(F)(F)OCO1.O=S1(=O)CS(=O)(=O)OCOC(F)(F)OCO1. The van der Waals surface area contributed by atoms with E-state index in [0.29, 0.717) is 0 Å². The Hall–Kier alpha value is -1.26. The van der Waals surface area contributed by atoms with Crippen molar-refractivity contribution >= 4 is 80.7 Å². The van der Waals surface area contributed by atoms with E-state index < -0.39 is 152 Å². The summed E-state index contributed by atoms with van der Waals surface area (Å²) in [5.41, 5.74) is 0. The zero-order valence-corrected chi connectivity index (χ0v) is 31.8. The summed E-state index contributed by atoms with van der Waals surface area (Å²) in [6, 6.07) is 0. The molecule has 0 saturated carbocycles. The Labute approximate surface area is 300 Å². The first-order chi connectivity index (χ1) is 23.7. The van der Waals surface area contributed by atoms with Gasteiger partial charge in [0, 0.05) is 0 Å². The summed E-state index contributed by atoms with van der Waals surface area (Å²) in [5, 5.41) is -4.41. The van der Waals surface area contributed by atoms with Crippen LogP contribution in [-0.2, 0) is 129 Å². The van der Waals surface area contributed by atoms with Crippen LogP contribution in [0.5, 0.6) is 0 Å². The molecule has 0 bridgehead atoms. The van der Waals surface area contributed by atoms with Gasteiger partial charge in [-0.1, -0.05) is 0 Å². The summed E-state index contributed by atoms with van der Waals surface area (Å²) in [5.74, 6) is -0.699. The van der Waals surface area contributed by atoms with E-state index in [2.05, 4.69) is 48.2 Å². The fraction of sp³-hybridized carbons (Fsp3) is 1.00. The highest BCUT2D eigenvalue weighted by Gasteiger charge is 2.52. The fourth-order valence-electron chi connectivity index (χ4n) is 2.28. The average Bonchev–Trinajstić information content (AvgIpc) is 3.14. The van der Waals surface area contributed by atoms with E-state index in [1.807, 2.05) is 0 Å². The molecule has 27 nitrogen and oxygen atoms in total. The second kappa shape index (κ2) is 17.7. The standard InChI is InChI=1S/C4H4F4O8S2.C4H6F2O8S2.C3H6O6S2.C2H4O5S2/c5-3(6)13-1-14-17(9,10)2-18(11,12)16-4(7,8)15-3;5-4(6)11-1-13-15(7,8)3-16(9,10)14-2-12-4;1-3-10(4,5)8-2-9-11(3,6)7;3-8(4)1-7-9(5,6)2-8/h1-2H2;1-3H2;3H,2H2,1H3;1-2H2. The normalized spacial score (nSPS) is 30.0. The van der Waals surface area contributed by atoms with Crippen LogP contribution < -0.4 is 0 Å². The second-order valence-corrected chi connectivity index (χ2v) is 24.1. The molecule has 54 heavy (non-hydrogen) atoms. The summed E-state index contributed by atoms with van der Waals surface area (Å²) >= 11 is 0. The lowest BCUT2D eigenvalue weighted by Gasteiger charge is -2.23. The average molecular weight is 979 g/mol. The lowest BCUT2D eigenvalue weighted by molar-refractivity contribution is -0.512. The number of hydrogen-bond acceptors (Lipinski definition) is 27. The van der Waals surface area contributed by atoms with Gasteiger partial charge in [-0.25, -0.2) is 34.1 Å². The van der Waals surface area contributed by atoms with Crippen molar-refractivity contribution in [2.24, 2.45) is 0 Å². The first-order valence-corrected chi connectivity index (χ1v) is 24.5. The van der Waals surface area contributed by atoms with E-state index in [1.165, 1.54) is 0 Å². The minimum absolute atomic E-state index is 0.699. The summed E-state index contributed by atoms with van der Waals surface area (Å²) in [6.45, 7) is -4.23. The van der Waals surface area contributed by atoms with E-state index in [9.17, 15) is 93.7 Å². The van der Waals surface area contributed by atoms with Crippen molar-refractivity contribution in [3.05, 3.63) is 0 Å². The summed E-state index contributed by atoms with van der Waals surface area (Å²) < 4.78 is 283. The molecule has 4 fully saturated rings. The molecule has 4 saturated heterocycles. The first-order valence-electron chi connectivity index (χ1n) is 11.9. The van der Waals surface area contributed by atoms with Crippen LogP contribution in [-0.4, -0.2) is 139 Å². The lowest BCUT2D eigenvalue weighted by Crippen LogP contribution is -2.41. The molecule has 4 aliphatic heterocycles. The van der Waals surface area contributed by atoms with Gasteiger partial charge >= 0.3 is 18.9 Å². The molecule has 0 spiro atoms. The van der Waals surface area contributed by atoms with Gasteiger partial charge in [0.15, 0.2) is 48.0 Å². The molecule has 0 aromatic carbocycles. The van der Waals surface area contributed by atoms with Crippen LogP contribution in [0.15, 0.2) is 0 Å². The van der Waals surface area contributed by atoms with E-state index in [4.69, 9.17) is 0 Å². The second-order valence-electron chi connectivity index (χ2n) is 8.74. The van der Waals surface area contributed by atoms with Gasteiger partial charge < -0.3 is 0 Å². The molecule has 41 heteroatoms.